The van der Waals surface area contributed by atoms with Crippen molar-refractivity contribution in [3.8, 4) is 5.69 Å². The second-order valence-corrected chi connectivity index (χ2v) is 6.84. The number of fused-ring (bicyclic) bond motifs is 1. The molecule has 0 radical (unpaired) electrons. The topological polar surface area (TPSA) is 66.9 Å². The number of aromatic nitrogens is 2. The number of nitrogens with one attached hydrogen (secondary N) is 2. The summed E-state index contributed by atoms with van der Waals surface area (Å²) in [4.78, 5) is 28.3. The first-order valence-electron chi connectivity index (χ1n) is 9.27. The number of hydrogen-bond donors (Lipinski definition) is 2. The molecule has 0 saturated carbocycles. The van der Waals surface area contributed by atoms with Crippen LogP contribution in [0, 0.1) is 6.92 Å². The number of anilines is 1. The van der Waals surface area contributed by atoms with Gasteiger partial charge in [-0.25, -0.2) is 0 Å². The van der Waals surface area contributed by atoms with Gasteiger partial charge in [0.1, 0.15) is 11.3 Å². The van der Waals surface area contributed by atoms with Crippen LogP contribution in [-0.2, 0) is 6.42 Å². The molecule has 4 rings (SSSR count). The number of nitrogens with zero attached hydrogens (tertiary/aromatic N) is 1. The van der Waals surface area contributed by atoms with Crippen molar-refractivity contribution in [2.75, 3.05) is 5.32 Å². The maximum atomic E-state index is 12.7. The van der Waals surface area contributed by atoms with Crippen LogP contribution in [0.5, 0.6) is 0 Å². The number of hydrogen-bond acceptors (Lipinski definition) is 2. The molecule has 0 bridgehead atoms. The Hall–Kier alpha value is -3.60. The Kier molecular flexibility index (Phi) is 4.57. The Morgan fingerprint density at radius 1 is 1.04 bits per heavy atom. The van der Waals surface area contributed by atoms with Gasteiger partial charge in [0.25, 0.3) is 11.5 Å². The van der Waals surface area contributed by atoms with Gasteiger partial charge in [-0.3, -0.25) is 14.2 Å². The molecule has 28 heavy (non-hydrogen) atoms. The molecule has 2 aromatic carbocycles. The molecule has 2 heterocycles. The highest BCUT2D eigenvalue weighted by molar-refractivity contribution is 6.05. The fourth-order valence-electron chi connectivity index (χ4n) is 3.30. The highest BCUT2D eigenvalue weighted by Gasteiger charge is 2.14. The smallest absolute Gasteiger partial charge is 0.272 e. The number of carbonyl (C=O) groups is 1. The number of benzene rings is 2. The van der Waals surface area contributed by atoms with Crippen LogP contribution in [0.15, 0.2) is 71.5 Å². The Labute approximate surface area is 162 Å². The first-order chi connectivity index (χ1) is 13.5. The summed E-state index contributed by atoms with van der Waals surface area (Å²) in [6, 6.07) is 20.5. The molecule has 0 saturated heterocycles. The largest absolute Gasteiger partial charge is 0.336 e. The highest BCUT2D eigenvalue weighted by atomic mass is 16.2. The lowest BCUT2D eigenvalue weighted by molar-refractivity contribution is 0.102. The van der Waals surface area contributed by atoms with Gasteiger partial charge in [0.05, 0.1) is 5.69 Å². The van der Waals surface area contributed by atoms with E-state index in [2.05, 4.69) is 17.2 Å². The van der Waals surface area contributed by atoms with Gasteiger partial charge >= 0.3 is 0 Å². The minimum absolute atomic E-state index is 0.149. The highest BCUT2D eigenvalue weighted by Crippen LogP contribution is 2.19. The quantitative estimate of drug-likeness (QED) is 0.557. The van der Waals surface area contributed by atoms with Crippen molar-refractivity contribution in [1.29, 1.82) is 0 Å². The standard InChI is InChI=1S/C23H21N3O2/c1-3-16-7-10-19(11-8-16)26-21(27)12-9-17-14-20(25-22(17)26)23(28)24-18-6-4-5-15(2)13-18/h4-14,25H,3H2,1-2H3,(H,24,28). The summed E-state index contributed by atoms with van der Waals surface area (Å²) >= 11 is 0. The van der Waals surface area contributed by atoms with Gasteiger partial charge in [-0.05, 0) is 60.9 Å². The van der Waals surface area contributed by atoms with Crippen LogP contribution in [0.1, 0.15) is 28.5 Å². The summed E-state index contributed by atoms with van der Waals surface area (Å²) in [6.45, 7) is 4.06. The van der Waals surface area contributed by atoms with E-state index in [1.165, 1.54) is 11.6 Å². The fourth-order valence-corrected chi connectivity index (χ4v) is 3.30. The number of H-pyrrole nitrogens is 1. The average molecular weight is 371 g/mol. The van der Waals surface area contributed by atoms with Gasteiger partial charge in [0.2, 0.25) is 0 Å². The fraction of sp³-hybridized carbons (Fsp3) is 0.130. The molecule has 140 valence electrons. The van der Waals surface area contributed by atoms with Crippen molar-refractivity contribution in [3.05, 3.63) is 93.9 Å². The predicted molar refractivity (Wildman–Crippen MR) is 112 cm³/mol. The predicted octanol–water partition coefficient (Wildman–Crippen LogP) is 4.44. The molecule has 0 aliphatic heterocycles. The maximum absolute atomic E-state index is 12.7. The van der Waals surface area contributed by atoms with Crippen LogP contribution in [0.4, 0.5) is 5.69 Å². The Morgan fingerprint density at radius 2 is 1.82 bits per heavy atom. The number of pyridine rings is 1. The van der Waals surface area contributed by atoms with Crippen LogP contribution in [-0.4, -0.2) is 15.5 Å². The summed E-state index contributed by atoms with van der Waals surface area (Å²) in [7, 11) is 0. The van der Waals surface area contributed by atoms with Crippen molar-refractivity contribution in [2.24, 2.45) is 0 Å². The summed E-state index contributed by atoms with van der Waals surface area (Å²) in [5.41, 5.74) is 4.63. The third-order valence-corrected chi connectivity index (χ3v) is 4.80. The van der Waals surface area contributed by atoms with Crippen LogP contribution in [0.3, 0.4) is 0 Å². The van der Waals surface area contributed by atoms with E-state index in [9.17, 15) is 9.59 Å². The normalized spacial score (nSPS) is 10.9. The zero-order chi connectivity index (χ0) is 19.7. The Bertz CT molecular complexity index is 1220. The summed E-state index contributed by atoms with van der Waals surface area (Å²) in [6.07, 6.45) is 0.936. The number of aryl methyl sites for hydroxylation is 2. The van der Waals surface area contributed by atoms with Crippen molar-refractivity contribution in [2.45, 2.75) is 20.3 Å². The molecule has 1 amide bonds. The minimum atomic E-state index is -0.248. The SMILES string of the molecule is CCc1ccc(-n2c(=O)ccc3cc(C(=O)Nc4cccc(C)c4)[nH]c32)cc1. The zero-order valence-corrected chi connectivity index (χ0v) is 15.8. The van der Waals surface area contributed by atoms with E-state index >= 15 is 0 Å². The van der Waals surface area contributed by atoms with Gasteiger partial charge in [-0.2, -0.15) is 0 Å². The number of rotatable bonds is 4. The van der Waals surface area contributed by atoms with E-state index in [1.54, 1.807) is 16.7 Å². The lowest BCUT2D eigenvalue weighted by Crippen LogP contribution is -2.17. The molecule has 0 unspecified atom stereocenters. The second kappa shape index (κ2) is 7.19. The van der Waals surface area contributed by atoms with E-state index in [0.29, 0.717) is 11.3 Å². The summed E-state index contributed by atoms with van der Waals surface area (Å²) in [5.74, 6) is -0.248. The molecule has 2 aromatic heterocycles. The van der Waals surface area contributed by atoms with Crippen LogP contribution in [0.25, 0.3) is 16.7 Å². The number of amides is 1. The lowest BCUT2D eigenvalue weighted by Gasteiger charge is -2.08. The van der Waals surface area contributed by atoms with Crippen LogP contribution < -0.4 is 10.9 Å². The van der Waals surface area contributed by atoms with Crippen molar-refractivity contribution >= 4 is 22.6 Å². The van der Waals surface area contributed by atoms with Crippen LogP contribution in [0.2, 0.25) is 0 Å². The molecule has 0 aliphatic rings. The van der Waals surface area contributed by atoms with Gasteiger partial charge in [-0.15, -0.1) is 0 Å². The van der Waals surface area contributed by atoms with Gasteiger partial charge in [0.15, 0.2) is 0 Å². The minimum Gasteiger partial charge on any atom is -0.336 e. The lowest BCUT2D eigenvalue weighted by atomic mass is 10.1. The first kappa shape index (κ1) is 17.8. The van der Waals surface area contributed by atoms with Gasteiger partial charge in [0, 0.05) is 17.1 Å². The zero-order valence-electron chi connectivity index (χ0n) is 15.8. The number of carbonyl (C=O) groups excluding carboxylic acids is 1. The Balaban J connectivity index is 1.74. The van der Waals surface area contributed by atoms with E-state index in [1.807, 2.05) is 55.5 Å². The molecule has 0 fully saturated rings. The first-order valence-corrected chi connectivity index (χ1v) is 9.27. The summed E-state index contributed by atoms with van der Waals surface area (Å²) < 4.78 is 1.60. The van der Waals surface area contributed by atoms with Crippen molar-refractivity contribution in [3.63, 3.8) is 0 Å². The molecular weight excluding hydrogens is 350 g/mol. The molecule has 0 aliphatic carbocycles. The van der Waals surface area contributed by atoms with Crippen molar-refractivity contribution < 1.29 is 4.79 Å². The second-order valence-electron chi connectivity index (χ2n) is 6.84. The van der Waals surface area contributed by atoms with Gasteiger partial charge in [-0.1, -0.05) is 31.2 Å². The third kappa shape index (κ3) is 3.34. The average Bonchev–Trinajstić information content (AvgIpc) is 3.12. The van der Waals surface area contributed by atoms with Gasteiger partial charge < -0.3 is 10.3 Å². The monoisotopic (exact) mass is 371 g/mol. The van der Waals surface area contributed by atoms with E-state index in [0.717, 1.165) is 28.7 Å². The summed E-state index contributed by atoms with van der Waals surface area (Å²) in [5, 5.41) is 3.69. The van der Waals surface area contributed by atoms with Crippen LogP contribution >= 0.6 is 0 Å². The molecule has 4 aromatic rings. The molecule has 5 nitrogen and oxygen atoms in total. The van der Waals surface area contributed by atoms with Crippen molar-refractivity contribution in [1.82, 2.24) is 9.55 Å². The molecule has 5 heteroatoms. The molecule has 0 spiro atoms. The molecule has 0 atom stereocenters. The van der Waals surface area contributed by atoms with E-state index in [-0.39, 0.29) is 11.5 Å². The maximum Gasteiger partial charge on any atom is 0.272 e. The Morgan fingerprint density at radius 3 is 2.54 bits per heavy atom. The van der Waals surface area contributed by atoms with E-state index < -0.39 is 0 Å². The number of aromatic amines is 1. The molecule has 2 N–H and O–H groups in total. The molecular formula is C23H21N3O2. The van der Waals surface area contributed by atoms with E-state index in [4.69, 9.17) is 0 Å². The third-order valence-electron chi connectivity index (χ3n) is 4.80.